The SMILES string of the molecule is Cc1[nH]cnc1CC(=O)N1CCC(Cc2cc(F)cc(F)c2)C1.O=CO. The summed E-state index contributed by atoms with van der Waals surface area (Å²) in [5.74, 6) is -0.826. The van der Waals surface area contributed by atoms with Crippen molar-refractivity contribution in [3.8, 4) is 0 Å². The van der Waals surface area contributed by atoms with E-state index < -0.39 is 11.6 Å². The highest BCUT2D eigenvalue weighted by molar-refractivity contribution is 5.78. The van der Waals surface area contributed by atoms with E-state index in [1.165, 1.54) is 12.1 Å². The van der Waals surface area contributed by atoms with Crippen LogP contribution in [-0.2, 0) is 22.4 Å². The Kier molecular flexibility index (Phi) is 6.82. The fourth-order valence-electron chi connectivity index (χ4n) is 3.11. The lowest BCUT2D eigenvalue weighted by atomic mass is 9.98. The summed E-state index contributed by atoms with van der Waals surface area (Å²) in [5, 5.41) is 6.89. The van der Waals surface area contributed by atoms with Gasteiger partial charge in [0.25, 0.3) is 6.47 Å². The van der Waals surface area contributed by atoms with Gasteiger partial charge in [0, 0.05) is 24.8 Å². The Bertz CT molecular complexity index is 744. The van der Waals surface area contributed by atoms with E-state index in [9.17, 15) is 13.6 Å². The topological polar surface area (TPSA) is 86.3 Å². The van der Waals surface area contributed by atoms with E-state index in [1.807, 2.05) is 11.8 Å². The van der Waals surface area contributed by atoms with Crippen LogP contribution in [0.5, 0.6) is 0 Å². The fourth-order valence-corrected chi connectivity index (χ4v) is 3.11. The molecule has 1 aromatic heterocycles. The van der Waals surface area contributed by atoms with Gasteiger partial charge in [0.1, 0.15) is 11.6 Å². The number of rotatable bonds is 4. The van der Waals surface area contributed by atoms with Gasteiger partial charge in [-0.1, -0.05) is 0 Å². The number of aromatic nitrogens is 2. The van der Waals surface area contributed by atoms with Crippen molar-refractivity contribution >= 4 is 12.4 Å². The summed E-state index contributed by atoms with van der Waals surface area (Å²) in [6, 6.07) is 3.60. The number of benzene rings is 1. The largest absolute Gasteiger partial charge is 0.483 e. The van der Waals surface area contributed by atoms with Crippen LogP contribution in [0.1, 0.15) is 23.4 Å². The fraction of sp³-hybridized carbons (Fsp3) is 0.389. The van der Waals surface area contributed by atoms with Crippen molar-refractivity contribution in [3.05, 3.63) is 53.1 Å². The number of nitrogens with one attached hydrogen (secondary N) is 1. The zero-order valence-corrected chi connectivity index (χ0v) is 14.4. The molecule has 2 heterocycles. The van der Waals surface area contributed by atoms with Gasteiger partial charge in [-0.3, -0.25) is 9.59 Å². The van der Waals surface area contributed by atoms with Crippen LogP contribution in [0.4, 0.5) is 8.78 Å². The Morgan fingerprint density at radius 3 is 2.62 bits per heavy atom. The first kappa shape index (κ1) is 19.6. The maximum absolute atomic E-state index is 13.2. The Morgan fingerprint density at radius 1 is 1.38 bits per heavy atom. The predicted molar refractivity (Wildman–Crippen MR) is 90.5 cm³/mol. The van der Waals surface area contributed by atoms with Crippen molar-refractivity contribution in [1.29, 1.82) is 0 Å². The number of carbonyl (C=O) groups is 2. The van der Waals surface area contributed by atoms with Gasteiger partial charge in [-0.15, -0.1) is 0 Å². The van der Waals surface area contributed by atoms with Gasteiger partial charge in [0.15, 0.2) is 0 Å². The summed E-state index contributed by atoms with van der Waals surface area (Å²) in [6.45, 7) is 2.95. The second-order valence-corrected chi connectivity index (χ2v) is 6.23. The molecule has 6 nitrogen and oxygen atoms in total. The maximum Gasteiger partial charge on any atom is 0.290 e. The smallest absolute Gasteiger partial charge is 0.290 e. The minimum atomic E-state index is -0.556. The summed E-state index contributed by atoms with van der Waals surface area (Å²) in [4.78, 5) is 29.6. The first-order valence-corrected chi connectivity index (χ1v) is 8.22. The molecule has 1 amide bonds. The van der Waals surface area contributed by atoms with Gasteiger partial charge in [-0.05, 0) is 43.4 Å². The molecule has 2 aromatic rings. The average molecular weight is 365 g/mol. The van der Waals surface area contributed by atoms with Crippen LogP contribution >= 0.6 is 0 Å². The molecule has 1 unspecified atom stereocenters. The van der Waals surface area contributed by atoms with Crippen molar-refractivity contribution in [1.82, 2.24) is 14.9 Å². The summed E-state index contributed by atoms with van der Waals surface area (Å²) in [7, 11) is 0. The molecule has 0 saturated carbocycles. The van der Waals surface area contributed by atoms with Gasteiger partial charge in [-0.25, -0.2) is 13.8 Å². The van der Waals surface area contributed by atoms with E-state index in [0.29, 0.717) is 25.1 Å². The molecule has 1 atom stereocenters. The monoisotopic (exact) mass is 365 g/mol. The standard InChI is InChI=1S/C17H19F2N3O.CH2O2/c1-11-16(21-10-20-11)8-17(23)22-3-2-12(9-22)4-13-5-14(18)7-15(19)6-13;2-1-3/h5-7,10,12H,2-4,8-9H2,1H3,(H,20,21);1H,(H,2,3). The summed E-state index contributed by atoms with van der Waals surface area (Å²) in [6.07, 6.45) is 3.31. The molecule has 140 valence electrons. The number of aromatic amines is 1. The Hall–Kier alpha value is -2.77. The summed E-state index contributed by atoms with van der Waals surface area (Å²) < 4.78 is 26.5. The van der Waals surface area contributed by atoms with Crippen molar-refractivity contribution in [2.24, 2.45) is 5.92 Å². The number of imidazole rings is 1. The van der Waals surface area contributed by atoms with Crippen molar-refractivity contribution in [3.63, 3.8) is 0 Å². The van der Waals surface area contributed by atoms with E-state index in [2.05, 4.69) is 9.97 Å². The average Bonchev–Trinajstić information content (AvgIpc) is 3.17. The van der Waals surface area contributed by atoms with Gasteiger partial charge < -0.3 is 15.0 Å². The number of aryl methyl sites for hydroxylation is 1. The second kappa shape index (κ2) is 9.07. The van der Waals surface area contributed by atoms with Crippen LogP contribution < -0.4 is 0 Å². The van der Waals surface area contributed by atoms with Crippen molar-refractivity contribution < 1.29 is 23.5 Å². The molecule has 1 fully saturated rings. The number of likely N-dealkylation sites (tertiary alicyclic amines) is 1. The molecule has 0 bridgehead atoms. The zero-order chi connectivity index (χ0) is 19.1. The Labute approximate surface area is 149 Å². The van der Waals surface area contributed by atoms with E-state index in [4.69, 9.17) is 9.90 Å². The van der Waals surface area contributed by atoms with Gasteiger partial charge in [-0.2, -0.15) is 0 Å². The van der Waals surface area contributed by atoms with Crippen LogP contribution in [0.25, 0.3) is 0 Å². The number of carboxylic acid groups (broad SMARTS) is 1. The highest BCUT2D eigenvalue weighted by Crippen LogP contribution is 2.22. The van der Waals surface area contributed by atoms with Crippen LogP contribution in [0, 0.1) is 24.5 Å². The highest BCUT2D eigenvalue weighted by atomic mass is 19.1. The minimum Gasteiger partial charge on any atom is -0.483 e. The molecule has 1 aliphatic heterocycles. The zero-order valence-electron chi connectivity index (χ0n) is 14.4. The Balaban J connectivity index is 0.000000758. The van der Waals surface area contributed by atoms with E-state index >= 15 is 0 Å². The molecule has 0 radical (unpaired) electrons. The third-order valence-electron chi connectivity index (χ3n) is 4.34. The van der Waals surface area contributed by atoms with Gasteiger partial charge in [0.05, 0.1) is 18.4 Å². The van der Waals surface area contributed by atoms with Crippen LogP contribution in [-0.4, -0.2) is 45.4 Å². The van der Waals surface area contributed by atoms with E-state index in [0.717, 1.165) is 23.9 Å². The predicted octanol–water partition coefficient (Wildman–Crippen LogP) is 2.33. The number of nitrogens with zero attached hydrogens (tertiary/aromatic N) is 2. The first-order chi connectivity index (χ1) is 12.4. The maximum atomic E-state index is 13.2. The van der Waals surface area contributed by atoms with E-state index in [-0.39, 0.29) is 24.7 Å². The molecule has 26 heavy (non-hydrogen) atoms. The number of H-pyrrole nitrogens is 1. The molecule has 8 heteroatoms. The molecule has 1 aliphatic rings. The van der Waals surface area contributed by atoms with Crippen molar-refractivity contribution in [2.75, 3.05) is 13.1 Å². The number of amides is 1. The lowest BCUT2D eigenvalue weighted by molar-refractivity contribution is -0.129. The Morgan fingerprint density at radius 2 is 2.04 bits per heavy atom. The van der Waals surface area contributed by atoms with Crippen LogP contribution in [0.2, 0.25) is 0 Å². The van der Waals surface area contributed by atoms with E-state index in [1.54, 1.807) is 6.33 Å². The first-order valence-electron chi connectivity index (χ1n) is 8.22. The third kappa shape index (κ3) is 5.37. The van der Waals surface area contributed by atoms with Crippen molar-refractivity contribution in [2.45, 2.75) is 26.2 Å². The van der Waals surface area contributed by atoms with Gasteiger partial charge >= 0.3 is 0 Å². The van der Waals surface area contributed by atoms with Crippen LogP contribution in [0.3, 0.4) is 0 Å². The molecule has 1 aromatic carbocycles. The molecule has 1 saturated heterocycles. The lowest BCUT2D eigenvalue weighted by Gasteiger charge is -2.16. The molecular formula is C18H21F2N3O3. The molecule has 0 spiro atoms. The lowest BCUT2D eigenvalue weighted by Crippen LogP contribution is -2.30. The highest BCUT2D eigenvalue weighted by Gasteiger charge is 2.27. The number of hydrogen-bond donors (Lipinski definition) is 2. The molecule has 0 aliphatic carbocycles. The molecule has 3 rings (SSSR count). The molecule has 2 N–H and O–H groups in total. The minimum absolute atomic E-state index is 0.0492. The number of carbonyl (C=O) groups excluding carboxylic acids is 1. The number of halogens is 2. The normalized spacial score (nSPS) is 16.1. The van der Waals surface area contributed by atoms with Crippen LogP contribution in [0.15, 0.2) is 24.5 Å². The summed E-state index contributed by atoms with van der Waals surface area (Å²) >= 11 is 0. The number of hydrogen-bond acceptors (Lipinski definition) is 3. The molecular weight excluding hydrogens is 344 g/mol. The third-order valence-corrected chi connectivity index (χ3v) is 4.34. The van der Waals surface area contributed by atoms with Gasteiger partial charge in [0.2, 0.25) is 5.91 Å². The second-order valence-electron chi connectivity index (χ2n) is 6.23. The summed E-state index contributed by atoms with van der Waals surface area (Å²) in [5.41, 5.74) is 2.32. The quantitative estimate of drug-likeness (QED) is 0.815.